The fourth-order valence-electron chi connectivity index (χ4n) is 3.03. The average molecular weight is 667 g/mol. The number of hydrogen-bond acceptors (Lipinski definition) is 4. The number of thiophene rings is 1. The summed E-state index contributed by atoms with van der Waals surface area (Å²) in [5.41, 5.74) is -0.887. The lowest BCUT2D eigenvalue weighted by Crippen LogP contribution is -2.75. The number of rotatable bonds is 10. The highest BCUT2D eigenvalue weighted by Gasteiger charge is 2.95. The molecule has 1 aromatic heterocycles. The fourth-order valence-corrected chi connectivity index (χ4v) is 4.11. The average Bonchev–Trinajstić information content (AvgIpc) is 3.20. The minimum absolute atomic E-state index is 0.102. The monoisotopic (exact) mass is 667 g/mol. The third-order valence-electron chi connectivity index (χ3n) is 5.31. The van der Waals surface area contributed by atoms with Crippen molar-refractivity contribution in [3.63, 3.8) is 0 Å². The van der Waals surface area contributed by atoms with Gasteiger partial charge in [0.1, 0.15) is 10.6 Å². The summed E-state index contributed by atoms with van der Waals surface area (Å²) in [5, 5.41) is -0.640. The highest BCUT2D eigenvalue weighted by Crippen LogP contribution is 2.64. The Morgan fingerprint density at radius 1 is 0.690 bits per heavy atom. The second-order valence-corrected chi connectivity index (χ2v) is 9.05. The summed E-state index contributed by atoms with van der Waals surface area (Å²) in [7, 11) is 0. The molecule has 1 N–H and O–H groups in total. The Labute approximate surface area is 224 Å². The van der Waals surface area contributed by atoms with Crippen LogP contribution < -0.4 is 5.32 Å². The number of alkyl halides is 17. The first-order valence-corrected chi connectivity index (χ1v) is 11.1. The Morgan fingerprint density at radius 2 is 1.12 bits per heavy atom. The van der Waals surface area contributed by atoms with Gasteiger partial charge < -0.3 is 10.1 Å². The second kappa shape index (κ2) is 10.3. The normalized spacial score (nSPS) is 14.7. The van der Waals surface area contributed by atoms with E-state index < -0.39 is 76.7 Å². The molecule has 0 aliphatic rings. The van der Waals surface area contributed by atoms with E-state index in [4.69, 9.17) is 0 Å². The van der Waals surface area contributed by atoms with Crippen LogP contribution in [0.15, 0.2) is 24.3 Å². The molecule has 0 aliphatic carbocycles. The largest absolute Gasteiger partial charge is 0.462 e. The molecule has 0 aliphatic heterocycles. The maximum absolute atomic E-state index is 14.3. The molecule has 0 unspecified atom stereocenters. The van der Waals surface area contributed by atoms with Gasteiger partial charge in [0.15, 0.2) is 0 Å². The maximum atomic E-state index is 14.3. The minimum atomic E-state index is -8.82. The van der Waals surface area contributed by atoms with Crippen LogP contribution in [0.25, 0.3) is 10.1 Å². The molecular weight excluding hydrogens is 657 g/mol. The van der Waals surface area contributed by atoms with Crippen molar-refractivity contribution in [1.29, 1.82) is 0 Å². The van der Waals surface area contributed by atoms with Gasteiger partial charge in [-0.1, -0.05) is 18.2 Å². The van der Waals surface area contributed by atoms with E-state index in [-0.39, 0.29) is 21.4 Å². The van der Waals surface area contributed by atoms with Gasteiger partial charge in [0.25, 0.3) is 0 Å². The highest BCUT2D eigenvalue weighted by molar-refractivity contribution is 7.23. The molecule has 4 nitrogen and oxygen atoms in total. The summed E-state index contributed by atoms with van der Waals surface area (Å²) in [4.78, 5) is 24.1. The van der Waals surface area contributed by atoms with Crippen LogP contribution in [0.3, 0.4) is 0 Å². The molecule has 0 saturated heterocycles. The lowest BCUT2D eigenvalue weighted by Gasteiger charge is -2.42. The first-order valence-electron chi connectivity index (χ1n) is 10.3. The van der Waals surface area contributed by atoms with E-state index in [9.17, 15) is 84.2 Å². The number of ether oxygens (including phenoxy) is 1. The Bertz CT molecular complexity index is 1350. The van der Waals surface area contributed by atoms with Crippen LogP contribution >= 0.6 is 11.3 Å². The number of fused-ring (bicyclic) bond motifs is 1. The van der Waals surface area contributed by atoms with Crippen molar-refractivity contribution in [2.24, 2.45) is 0 Å². The molecule has 0 saturated carbocycles. The molecule has 0 atom stereocenters. The van der Waals surface area contributed by atoms with E-state index in [2.05, 4.69) is 4.74 Å². The molecule has 2 rings (SSSR count). The molecule has 1 amide bonds. The number of halogens is 17. The van der Waals surface area contributed by atoms with Crippen LogP contribution in [-0.4, -0.2) is 66.1 Å². The number of nitrogens with one attached hydrogen (secondary N) is 1. The lowest BCUT2D eigenvalue weighted by molar-refractivity contribution is -0.459. The summed E-state index contributed by atoms with van der Waals surface area (Å²) in [5.74, 6) is -64.0. The maximum Gasteiger partial charge on any atom is 0.460 e. The van der Waals surface area contributed by atoms with E-state index in [1.807, 2.05) is 0 Å². The number of esters is 1. The first-order chi connectivity index (χ1) is 18.6. The van der Waals surface area contributed by atoms with Crippen molar-refractivity contribution in [2.45, 2.75) is 54.6 Å². The Morgan fingerprint density at radius 3 is 1.57 bits per heavy atom. The summed E-state index contributed by atoms with van der Waals surface area (Å²) in [6.07, 6.45) is -7.88. The predicted molar refractivity (Wildman–Crippen MR) is 107 cm³/mol. The van der Waals surface area contributed by atoms with Crippen molar-refractivity contribution in [1.82, 2.24) is 0 Å². The Balaban J connectivity index is 2.61. The molecule has 22 heteroatoms. The van der Waals surface area contributed by atoms with Crippen LogP contribution in [0.4, 0.5) is 79.6 Å². The van der Waals surface area contributed by atoms with Gasteiger partial charge in [-0.25, -0.2) is 4.79 Å². The predicted octanol–water partition coefficient (Wildman–Crippen LogP) is 8.03. The molecule has 0 radical (unpaired) electrons. The Kier molecular flexibility index (Phi) is 8.60. The van der Waals surface area contributed by atoms with Gasteiger partial charge in [-0.05, 0) is 13.0 Å². The summed E-state index contributed by atoms with van der Waals surface area (Å²) < 4.78 is 233. The number of amides is 1. The third kappa shape index (κ3) is 4.77. The van der Waals surface area contributed by atoms with Crippen LogP contribution in [0.2, 0.25) is 0 Å². The van der Waals surface area contributed by atoms with Gasteiger partial charge in [0.05, 0.1) is 6.61 Å². The van der Waals surface area contributed by atoms with E-state index in [1.165, 1.54) is 19.1 Å². The van der Waals surface area contributed by atoms with E-state index in [0.717, 1.165) is 17.4 Å². The minimum Gasteiger partial charge on any atom is -0.462 e. The zero-order valence-electron chi connectivity index (χ0n) is 19.6. The first kappa shape index (κ1) is 35.1. The van der Waals surface area contributed by atoms with E-state index in [0.29, 0.717) is 0 Å². The summed E-state index contributed by atoms with van der Waals surface area (Å²) >= 11 is 0.103. The van der Waals surface area contributed by atoms with Crippen molar-refractivity contribution in [2.75, 3.05) is 11.9 Å². The topological polar surface area (TPSA) is 55.4 Å². The molecule has 42 heavy (non-hydrogen) atoms. The van der Waals surface area contributed by atoms with Crippen LogP contribution in [-0.2, 0) is 9.53 Å². The van der Waals surface area contributed by atoms with Crippen LogP contribution in [0.5, 0.6) is 0 Å². The lowest BCUT2D eigenvalue weighted by atomic mass is 9.89. The second-order valence-electron chi connectivity index (χ2n) is 8.00. The van der Waals surface area contributed by atoms with E-state index in [1.54, 1.807) is 0 Å². The molecule has 1 aromatic carbocycles. The number of benzene rings is 1. The smallest absolute Gasteiger partial charge is 0.460 e. The van der Waals surface area contributed by atoms with Gasteiger partial charge in [-0.3, -0.25) is 4.79 Å². The third-order valence-corrected chi connectivity index (χ3v) is 6.40. The number of carbonyl (C=O) groups excluding carboxylic acids is 2. The number of hydrogen-bond donors (Lipinski definition) is 1. The van der Waals surface area contributed by atoms with Crippen LogP contribution in [0, 0.1) is 0 Å². The number of anilines is 1. The molecule has 1 heterocycles. The molecule has 0 bridgehead atoms. The van der Waals surface area contributed by atoms with Crippen molar-refractivity contribution >= 4 is 38.3 Å². The number of carbonyl (C=O) groups is 2. The van der Waals surface area contributed by atoms with E-state index >= 15 is 0 Å². The summed E-state index contributed by atoms with van der Waals surface area (Å²) in [6, 6.07) is 4.63. The fraction of sp³-hybridized carbons (Fsp3) is 0.500. The Hall–Kier alpha value is -3.07. The SMILES string of the molecule is CCOC(=O)c1c(NC(=O)C(F)(F)C(F)(F)C(F)(F)C(F)(F)C(F)(F)C(F)(F)C(F)(F)C(F)(F)F)sc2ccccc12. The summed E-state index contributed by atoms with van der Waals surface area (Å²) in [6.45, 7) is 0.768. The van der Waals surface area contributed by atoms with Gasteiger partial charge in [-0.15, -0.1) is 11.3 Å². The van der Waals surface area contributed by atoms with Crippen molar-refractivity contribution in [3.05, 3.63) is 29.8 Å². The highest BCUT2D eigenvalue weighted by atomic mass is 32.1. The van der Waals surface area contributed by atoms with Crippen molar-refractivity contribution < 1.29 is 89.0 Å². The standard InChI is InChI=1S/C20H10F17NO3S/c1-2-41-11(39)9-7-5-3-4-6-8(7)42-10(9)38-12(40)13(21,22)14(23,24)15(25,26)16(27,28)17(29,30)18(31,32)19(33,34)20(35,36)37/h3-6H,2H2,1H3,(H,38,40). The van der Waals surface area contributed by atoms with Gasteiger partial charge in [0.2, 0.25) is 0 Å². The zero-order valence-corrected chi connectivity index (χ0v) is 20.4. The molecule has 0 spiro atoms. The quantitative estimate of drug-likeness (QED) is 0.206. The molecule has 2 aromatic rings. The van der Waals surface area contributed by atoms with Crippen molar-refractivity contribution in [3.8, 4) is 0 Å². The van der Waals surface area contributed by atoms with Gasteiger partial charge in [-0.2, -0.15) is 74.6 Å². The van der Waals surface area contributed by atoms with Gasteiger partial charge in [0, 0.05) is 10.1 Å². The zero-order chi connectivity index (χ0) is 33.1. The van der Waals surface area contributed by atoms with Crippen LogP contribution in [0.1, 0.15) is 17.3 Å². The molecule has 0 fully saturated rings. The van der Waals surface area contributed by atoms with Gasteiger partial charge >= 0.3 is 59.5 Å². The molecule has 238 valence electrons. The molecular formula is C20H10F17NO3S.